The van der Waals surface area contributed by atoms with Crippen molar-refractivity contribution in [3.63, 3.8) is 0 Å². The Balaban J connectivity index is 1.47. The molecule has 1 aromatic heterocycles. The standard InChI is InChI=1S/C25H27ClFN5O6S/c1-36-22-17(26)8-15(27)9-19(22)31-24(39)21-18(3-5-29-23(21)33)30-10-14-2-4-28-11-20(14)38-13-16-12-32(25(34)35)6-7-37-16/h2,4,8-9,11,16,30H,3,5-7,10,12-13H2,1H3,(H,29,33)(H,31,39)(H,34,35)/t16-/m0/s1. The minimum Gasteiger partial charge on any atom is -0.493 e. The number of anilines is 1. The molecule has 4 rings (SSSR count). The monoisotopic (exact) mass is 579 g/mol. The second-order valence-corrected chi connectivity index (χ2v) is 9.47. The lowest BCUT2D eigenvalue weighted by Crippen LogP contribution is -2.47. The van der Waals surface area contributed by atoms with Crippen molar-refractivity contribution in [2.24, 2.45) is 0 Å². The van der Waals surface area contributed by atoms with Crippen LogP contribution in [-0.4, -0.2) is 78.0 Å². The molecule has 0 saturated carbocycles. The number of methoxy groups -OCH3 is 1. The van der Waals surface area contributed by atoms with Gasteiger partial charge in [0.2, 0.25) is 0 Å². The van der Waals surface area contributed by atoms with E-state index in [9.17, 15) is 19.1 Å². The van der Waals surface area contributed by atoms with Gasteiger partial charge in [0, 0.05) is 49.6 Å². The average Bonchev–Trinajstić information content (AvgIpc) is 2.91. The highest BCUT2D eigenvalue weighted by Crippen LogP contribution is 2.34. The van der Waals surface area contributed by atoms with Gasteiger partial charge in [-0.1, -0.05) is 23.8 Å². The Morgan fingerprint density at radius 3 is 3.03 bits per heavy atom. The minimum atomic E-state index is -0.999. The molecule has 1 fully saturated rings. The van der Waals surface area contributed by atoms with Crippen LogP contribution in [-0.2, 0) is 16.1 Å². The summed E-state index contributed by atoms with van der Waals surface area (Å²) in [5, 5.41) is 18.2. The van der Waals surface area contributed by atoms with Crippen LogP contribution in [0.1, 0.15) is 12.0 Å². The van der Waals surface area contributed by atoms with Crippen LogP contribution >= 0.6 is 23.8 Å². The van der Waals surface area contributed by atoms with Crippen LogP contribution in [0.15, 0.2) is 41.9 Å². The summed E-state index contributed by atoms with van der Waals surface area (Å²) < 4.78 is 30.8. The second-order valence-electron chi connectivity index (χ2n) is 8.65. The van der Waals surface area contributed by atoms with Crippen molar-refractivity contribution in [2.75, 3.05) is 45.3 Å². The number of amides is 2. The lowest BCUT2D eigenvalue weighted by Gasteiger charge is -2.31. The molecule has 11 nitrogen and oxygen atoms in total. The summed E-state index contributed by atoms with van der Waals surface area (Å²) in [7, 11) is 1.39. The lowest BCUT2D eigenvalue weighted by atomic mass is 10.1. The molecule has 14 heteroatoms. The van der Waals surface area contributed by atoms with Gasteiger partial charge in [-0.2, -0.15) is 0 Å². The topological polar surface area (TPSA) is 134 Å². The highest BCUT2D eigenvalue weighted by Gasteiger charge is 2.26. The molecule has 1 aromatic carbocycles. The van der Waals surface area contributed by atoms with Crippen molar-refractivity contribution in [3.8, 4) is 11.5 Å². The van der Waals surface area contributed by atoms with E-state index in [0.717, 1.165) is 11.6 Å². The number of hydrogen-bond acceptors (Lipinski definition) is 8. The Morgan fingerprint density at radius 1 is 1.44 bits per heavy atom. The van der Waals surface area contributed by atoms with Gasteiger partial charge in [-0.3, -0.25) is 9.78 Å². The van der Waals surface area contributed by atoms with Crippen molar-refractivity contribution >= 4 is 46.5 Å². The molecule has 39 heavy (non-hydrogen) atoms. The van der Waals surface area contributed by atoms with Crippen LogP contribution < -0.4 is 25.4 Å². The van der Waals surface area contributed by atoms with E-state index >= 15 is 0 Å². The molecule has 2 aromatic rings. The molecule has 4 N–H and O–H groups in total. The van der Waals surface area contributed by atoms with Crippen LogP contribution in [0, 0.1) is 5.82 Å². The molecule has 1 atom stereocenters. The molecule has 208 valence electrons. The summed E-state index contributed by atoms with van der Waals surface area (Å²) in [4.78, 5) is 29.5. The number of aromatic nitrogens is 1. The van der Waals surface area contributed by atoms with Crippen LogP contribution in [0.25, 0.3) is 0 Å². The summed E-state index contributed by atoms with van der Waals surface area (Å²) in [6.07, 6.45) is 2.24. The Kier molecular flexibility index (Phi) is 9.38. The number of carbonyl (C=O) groups is 2. The molecule has 3 heterocycles. The Morgan fingerprint density at radius 2 is 2.26 bits per heavy atom. The number of thiocarbonyl (C=S) groups is 1. The molecule has 0 bridgehead atoms. The number of halogens is 2. The number of rotatable bonds is 9. The zero-order chi connectivity index (χ0) is 27.9. The first kappa shape index (κ1) is 28.3. The van der Waals surface area contributed by atoms with E-state index < -0.39 is 18.0 Å². The molecular weight excluding hydrogens is 553 g/mol. The first-order valence-electron chi connectivity index (χ1n) is 12.0. The van der Waals surface area contributed by atoms with Gasteiger partial charge in [0.25, 0.3) is 5.91 Å². The van der Waals surface area contributed by atoms with Gasteiger partial charge in [0.1, 0.15) is 29.3 Å². The van der Waals surface area contributed by atoms with Crippen molar-refractivity contribution in [1.29, 1.82) is 0 Å². The Hall–Kier alpha value is -3.68. The normalized spacial score (nSPS) is 17.4. The number of carbonyl (C=O) groups excluding carboxylic acids is 1. The first-order valence-corrected chi connectivity index (χ1v) is 12.8. The van der Waals surface area contributed by atoms with E-state index in [4.69, 9.17) is 38.0 Å². The predicted octanol–water partition coefficient (Wildman–Crippen LogP) is 2.94. The van der Waals surface area contributed by atoms with E-state index in [2.05, 4.69) is 20.9 Å². The smallest absolute Gasteiger partial charge is 0.407 e. The highest BCUT2D eigenvalue weighted by molar-refractivity contribution is 7.81. The molecule has 2 amide bonds. The van der Waals surface area contributed by atoms with Gasteiger partial charge in [-0.05, 0) is 12.1 Å². The minimum absolute atomic E-state index is 0.0581. The second kappa shape index (κ2) is 12.9. The van der Waals surface area contributed by atoms with Crippen LogP contribution in [0.2, 0.25) is 5.02 Å². The molecule has 0 radical (unpaired) electrons. The van der Waals surface area contributed by atoms with Gasteiger partial charge >= 0.3 is 6.09 Å². The van der Waals surface area contributed by atoms with Gasteiger partial charge in [-0.15, -0.1) is 0 Å². The molecule has 0 aliphatic carbocycles. The van der Waals surface area contributed by atoms with E-state index in [1.807, 2.05) is 0 Å². The SMILES string of the molecule is COc1c(Cl)cc(F)cc1NC(=S)C1=C(NCc2ccncc2OC[C@@H]2CN(C(=O)O)CCO2)CCNC1=O. The quantitative estimate of drug-likeness (QED) is 0.328. The van der Waals surface area contributed by atoms with Gasteiger partial charge in [0.05, 0.1) is 42.7 Å². The van der Waals surface area contributed by atoms with E-state index in [1.54, 1.807) is 18.5 Å². The van der Waals surface area contributed by atoms with Crippen LogP contribution in [0.4, 0.5) is 14.9 Å². The number of benzene rings is 1. The van der Waals surface area contributed by atoms with Gasteiger partial charge in [-0.25, -0.2) is 9.18 Å². The number of morpholine rings is 1. The maximum Gasteiger partial charge on any atom is 0.407 e. The average molecular weight is 580 g/mol. The van der Waals surface area contributed by atoms with Crippen molar-refractivity contribution in [1.82, 2.24) is 20.5 Å². The predicted molar refractivity (Wildman–Crippen MR) is 145 cm³/mol. The Labute approximate surface area is 234 Å². The van der Waals surface area contributed by atoms with Crippen molar-refractivity contribution < 1.29 is 33.3 Å². The number of hydrogen-bond donors (Lipinski definition) is 4. The van der Waals surface area contributed by atoms with Crippen LogP contribution in [0.3, 0.4) is 0 Å². The lowest BCUT2D eigenvalue weighted by molar-refractivity contribution is -0.117. The third-order valence-corrected chi connectivity index (χ3v) is 6.66. The van der Waals surface area contributed by atoms with E-state index in [1.165, 1.54) is 18.1 Å². The zero-order valence-corrected chi connectivity index (χ0v) is 22.5. The maximum atomic E-state index is 14.0. The number of pyridine rings is 1. The fraction of sp³-hybridized carbons (Fsp3) is 0.360. The van der Waals surface area contributed by atoms with Crippen LogP contribution in [0.5, 0.6) is 11.5 Å². The van der Waals surface area contributed by atoms with Crippen molar-refractivity contribution in [3.05, 3.63) is 58.3 Å². The number of carboxylic acid groups (broad SMARTS) is 1. The molecule has 1 saturated heterocycles. The summed E-state index contributed by atoms with van der Waals surface area (Å²) in [5.74, 6) is -0.292. The summed E-state index contributed by atoms with van der Waals surface area (Å²) >= 11 is 11.6. The molecule has 2 aliphatic rings. The molecule has 0 unspecified atom stereocenters. The summed E-state index contributed by atoms with van der Waals surface area (Å²) in [6, 6.07) is 4.07. The fourth-order valence-electron chi connectivity index (χ4n) is 4.18. The molecule has 2 aliphatic heterocycles. The summed E-state index contributed by atoms with van der Waals surface area (Å²) in [6.45, 7) is 1.65. The Bertz CT molecular complexity index is 1300. The third kappa shape index (κ3) is 7.05. The van der Waals surface area contributed by atoms with Crippen molar-refractivity contribution in [2.45, 2.75) is 19.1 Å². The molecule has 0 spiro atoms. The largest absolute Gasteiger partial charge is 0.493 e. The third-order valence-electron chi connectivity index (χ3n) is 6.07. The zero-order valence-electron chi connectivity index (χ0n) is 21.0. The van der Waals surface area contributed by atoms with E-state index in [0.29, 0.717) is 37.6 Å². The first-order chi connectivity index (χ1) is 18.8. The summed E-state index contributed by atoms with van der Waals surface area (Å²) in [5.41, 5.74) is 1.74. The number of nitrogens with one attached hydrogen (secondary N) is 3. The number of nitrogens with zero attached hydrogens (tertiary/aromatic N) is 2. The molecular formula is C25H27ClFN5O6S. The highest BCUT2D eigenvalue weighted by atomic mass is 35.5. The maximum absolute atomic E-state index is 14.0. The fourth-order valence-corrected chi connectivity index (χ4v) is 4.79. The van der Waals surface area contributed by atoms with Gasteiger partial charge in [0.15, 0.2) is 5.75 Å². The number of ether oxygens (including phenoxy) is 3. The van der Waals surface area contributed by atoms with E-state index in [-0.39, 0.29) is 52.6 Å². The van der Waals surface area contributed by atoms with Gasteiger partial charge < -0.3 is 40.2 Å².